The summed E-state index contributed by atoms with van der Waals surface area (Å²) in [4.78, 5) is 4.56. The molecule has 1 atom stereocenters. The SMILES string of the molecule is CCNC(=NCc1ccc(OC)c(OC)c1OC)NC1CCS(=O)(=O)C1. The van der Waals surface area contributed by atoms with Crippen LogP contribution in [0.15, 0.2) is 17.1 Å². The molecule has 0 aromatic heterocycles. The van der Waals surface area contributed by atoms with Gasteiger partial charge in [-0.15, -0.1) is 0 Å². The van der Waals surface area contributed by atoms with Crippen molar-refractivity contribution in [3.63, 3.8) is 0 Å². The lowest BCUT2D eigenvalue weighted by atomic mass is 10.1. The molecule has 1 fully saturated rings. The van der Waals surface area contributed by atoms with Gasteiger partial charge in [0.25, 0.3) is 0 Å². The molecular weight excluding hydrogens is 358 g/mol. The highest BCUT2D eigenvalue weighted by Gasteiger charge is 2.28. The Hall–Kier alpha value is -2.16. The molecule has 1 aromatic rings. The van der Waals surface area contributed by atoms with E-state index in [-0.39, 0.29) is 17.5 Å². The van der Waals surface area contributed by atoms with Crippen molar-refractivity contribution in [2.75, 3.05) is 39.4 Å². The molecule has 0 radical (unpaired) electrons. The second-order valence-electron chi connectivity index (χ2n) is 5.93. The maximum absolute atomic E-state index is 11.6. The van der Waals surface area contributed by atoms with Crippen molar-refractivity contribution in [1.82, 2.24) is 10.6 Å². The van der Waals surface area contributed by atoms with E-state index in [4.69, 9.17) is 14.2 Å². The second kappa shape index (κ2) is 8.98. The van der Waals surface area contributed by atoms with E-state index < -0.39 is 9.84 Å². The molecule has 9 heteroatoms. The molecule has 1 aliphatic rings. The Morgan fingerprint density at radius 3 is 2.46 bits per heavy atom. The molecule has 2 rings (SSSR count). The first-order valence-electron chi connectivity index (χ1n) is 8.47. The summed E-state index contributed by atoms with van der Waals surface area (Å²) >= 11 is 0. The number of nitrogens with zero attached hydrogens (tertiary/aromatic N) is 1. The minimum absolute atomic E-state index is 0.120. The van der Waals surface area contributed by atoms with Crippen molar-refractivity contribution in [2.45, 2.75) is 25.9 Å². The maximum atomic E-state index is 11.6. The van der Waals surface area contributed by atoms with Gasteiger partial charge in [0.15, 0.2) is 27.3 Å². The summed E-state index contributed by atoms with van der Waals surface area (Å²) in [5.41, 5.74) is 0.835. The van der Waals surface area contributed by atoms with Crippen molar-refractivity contribution in [1.29, 1.82) is 0 Å². The van der Waals surface area contributed by atoms with E-state index in [0.29, 0.717) is 42.7 Å². The predicted octanol–water partition coefficient (Wildman–Crippen LogP) is 0.955. The summed E-state index contributed by atoms with van der Waals surface area (Å²) < 4.78 is 39.4. The van der Waals surface area contributed by atoms with E-state index in [2.05, 4.69) is 15.6 Å². The molecular formula is C17H27N3O5S. The number of ether oxygens (including phenoxy) is 3. The summed E-state index contributed by atoms with van der Waals surface area (Å²) in [5.74, 6) is 2.59. The highest BCUT2D eigenvalue weighted by atomic mass is 32.2. The fraction of sp³-hybridized carbons (Fsp3) is 0.588. The van der Waals surface area contributed by atoms with E-state index in [1.54, 1.807) is 27.4 Å². The van der Waals surface area contributed by atoms with E-state index in [0.717, 1.165) is 5.56 Å². The second-order valence-corrected chi connectivity index (χ2v) is 8.16. The normalized spacial score (nSPS) is 19.1. The van der Waals surface area contributed by atoms with Crippen LogP contribution in [0.5, 0.6) is 17.2 Å². The number of aliphatic imine (C=N–C) groups is 1. The van der Waals surface area contributed by atoms with Gasteiger partial charge in [-0.05, 0) is 25.5 Å². The average molecular weight is 385 g/mol. The van der Waals surface area contributed by atoms with Crippen molar-refractivity contribution in [3.05, 3.63) is 17.7 Å². The Morgan fingerprint density at radius 2 is 1.92 bits per heavy atom. The fourth-order valence-corrected chi connectivity index (χ4v) is 4.55. The molecule has 0 spiro atoms. The largest absolute Gasteiger partial charge is 0.493 e. The van der Waals surface area contributed by atoms with Crippen LogP contribution in [0.25, 0.3) is 0 Å². The molecule has 1 aromatic carbocycles. The molecule has 0 amide bonds. The Bertz CT molecular complexity index is 749. The van der Waals surface area contributed by atoms with Crippen LogP contribution in [0.3, 0.4) is 0 Å². The lowest BCUT2D eigenvalue weighted by Gasteiger charge is -2.17. The number of sulfone groups is 1. The lowest BCUT2D eigenvalue weighted by Crippen LogP contribution is -2.44. The molecule has 0 bridgehead atoms. The van der Waals surface area contributed by atoms with Gasteiger partial charge in [-0.3, -0.25) is 0 Å². The van der Waals surface area contributed by atoms with Crippen molar-refractivity contribution >= 4 is 15.8 Å². The summed E-state index contributed by atoms with van der Waals surface area (Å²) in [6.45, 7) is 2.98. The topological polar surface area (TPSA) is 98.2 Å². The number of guanidine groups is 1. The first-order valence-corrected chi connectivity index (χ1v) is 10.3. The number of nitrogens with one attached hydrogen (secondary N) is 2. The van der Waals surface area contributed by atoms with Gasteiger partial charge in [0.05, 0.1) is 39.4 Å². The number of benzene rings is 1. The van der Waals surface area contributed by atoms with Crippen LogP contribution in [0.4, 0.5) is 0 Å². The smallest absolute Gasteiger partial charge is 0.203 e. The number of methoxy groups -OCH3 is 3. The van der Waals surface area contributed by atoms with Gasteiger partial charge in [-0.2, -0.15) is 0 Å². The monoisotopic (exact) mass is 385 g/mol. The molecule has 1 aliphatic heterocycles. The third-order valence-corrected chi connectivity index (χ3v) is 5.88. The molecule has 1 heterocycles. The Kier molecular flexibility index (Phi) is 6.96. The molecule has 8 nitrogen and oxygen atoms in total. The van der Waals surface area contributed by atoms with E-state index in [9.17, 15) is 8.42 Å². The van der Waals surface area contributed by atoms with Crippen LogP contribution < -0.4 is 24.8 Å². The van der Waals surface area contributed by atoms with Gasteiger partial charge in [-0.25, -0.2) is 13.4 Å². The van der Waals surface area contributed by atoms with Gasteiger partial charge in [-0.1, -0.05) is 0 Å². The minimum atomic E-state index is -2.95. The van der Waals surface area contributed by atoms with Crippen LogP contribution >= 0.6 is 0 Å². The summed E-state index contributed by atoms with van der Waals surface area (Å²) in [6, 6.07) is 3.55. The molecule has 0 aliphatic carbocycles. The van der Waals surface area contributed by atoms with Crippen molar-refractivity contribution in [2.24, 2.45) is 4.99 Å². The fourth-order valence-electron chi connectivity index (χ4n) is 2.87. The van der Waals surface area contributed by atoms with E-state index in [1.807, 2.05) is 13.0 Å². The van der Waals surface area contributed by atoms with Crippen LogP contribution in [-0.4, -0.2) is 59.8 Å². The standard InChI is InChI=1S/C17H27N3O5S/c1-5-18-17(20-13-8-9-26(21,22)11-13)19-10-12-6-7-14(23-2)16(25-4)15(12)24-3/h6-7,13H,5,8-11H2,1-4H3,(H2,18,19,20). The van der Waals surface area contributed by atoms with Crippen LogP contribution in [0.2, 0.25) is 0 Å². The maximum Gasteiger partial charge on any atom is 0.203 e. The summed E-state index contributed by atoms with van der Waals surface area (Å²) in [7, 11) is 1.74. The first kappa shape index (κ1) is 20.2. The van der Waals surface area contributed by atoms with E-state index in [1.165, 1.54) is 0 Å². The Balaban J connectivity index is 2.18. The zero-order chi connectivity index (χ0) is 19.2. The summed E-state index contributed by atoms with van der Waals surface area (Å²) in [6.07, 6.45) is 0.590. The highest BCUT2D eigenvalue weighted by molar-refractivity contribution is 7.91. The number of hydrogen-bond donors (Lipinski definition) is 2. The molecule has 26 heavy (non-hydrogen) atoms. The zero-order valence-electron chi connectivity index (χ0n) is 15.7. The minimum Gasteiger partial charge on any atom is -0.493 e. The van der Waals surface area contributed by atoms with Gasteiger partial charge in [0.1, 0.15) is 0 Å². The third kappa shape index (κ3) is 4.94. The van der Waals surface area contributed by atoms with Crippen LogP contribution in [0.1, 0.15) is 18.9 Å². The Labute approximate surface area is 154 Å². The predicted molar refractivity (Wildman–Crippen MR) is 101 cm³/mol. The van der Waals surface area contributed by atoms with Gasteiger partial charge >= 0.3 is 0 Å². The van der Waals surface area contributed by atoms with Crippen LogP contribution in [0, 0.1) is 0 Å². The van der Waals surface area contributed by atoms with Gasteiger partial charge in [0.2, 0.25) is 5.75 Å². The first-order chi connectivity index (χ1) is 12.4. The molecule has 1 saturated heterocycles. The molecule has 0 saturated carbocycles. The third-order valence-electron chi connectivity index (χ3n) is 4.11. The zero-order valence-corrected chi connectivity index (χ0v) is 16.5. The molecule has 146 valence electrons. The van der Waals surface area contributed by atoms with Crippen LogP contribution in [-0.2, 0) is 16.4 Å². The number of hydrogen-bond acceptors (Lipinski definition) is 6. The average Bonchev–Trinajstić information content (AvgIpc) is 2.97. The van der Waals surface area contributed by atoms with Gasteiger partial charge < -0.3 is 24.8 Å². The summed E-state index contributed by atoms with van der Waals surface area (Å²) in [5, 5.41) is 6.34. The van der Waals surface area contributed by atoms with E-state index >= 15 is 0 Å². The molecule has 2 N–H and O–H groups in total. The quantitative estimate of drug-likeness (QED) is 0.533. The number of rotatable bonds is 7. The highest BCUT2D eigenvalue weighted by Crippen LogP contribution is 2.39. The van der Waals surface area contributed by atoms with Crippen molar-refractivity contribution in [3.8, 4) is 17.2 Å². The van der Waals surface area contributed by atoms with Gasteiger partial charge in [0, 0.05) is 18.2 Å². The lowest BCUT2D eigenvalue weighted by molar-refractivity contribution is 0.322. The Morgan fingerprint density at radius 1 is 1.19 bits per heavy atom. The molecule has 1 unspecified atom stereocenters. The van der Waals surface area contributed by atoms with Crippen molar-refractivity contribution < 1.29 is 22.6 Å².